The largest absolute Gasteiger partial charge is 0.298 e. The van der Waals surface area contributed by atoms with Crippen molar-refractivity contribution in [1.29, 1.82) is 0 Å². The van der Waals surface area contributed by atoms with Gasteiger partial charge in [-0.1, -0.05) is 43.7 Å². The van der Waals surface area contributed by atoms with Crippen LogP contribution in [0.3, 0.4) is 0 Å². The number of nitrogens with zero attached hydrogens (tertiary/aromatic N) is 1. The summed E-state index contributed by atoms with van der Waals surface area (Å²) in [4.78, 5) is 12.8. The Morgan fingerprint density at radius 1 is 1.10 bits per heavy atom. The van der Waals surface area contributed by atoms with Gasteiger partial charge in [0.25, 0.3) is 5.56 Å². The van der Waals surface area contributed by atoms with Crippen molar-refractivity contribution in [3.8, 4) is 11.1 Å². The van der Waals surface area contributed by atoms with Crippen LogP contribution in [0.4, 0.5) is 0 Å². The third-order valence-electron chi connectivity index (χ3n) is 3.51. The van der Waals surface area contributed by atoms with E-state index in [1.807, 2.05) is 45.0 Å². The van der Waals surface area contributed by atoms with Crippen molar-refractivity contribution in [1.82, 2.24) is 9.78 Å². The maximum atomic E-state index is 12.8. The minimum Gasteiger partial charge on any atom is -0.298 e. The van der Waals surface area contributed by atoms with Crippen LogP contribution >= 0.6 is 0 Å². The van der Waals surface area contributed by atoms with Gasteiger partial charge in [-0.05, 0) is 39.2 Å². The summed E-state index contributed by atoms with van der Waals surface area (Å²) in [5.74, 6) is 0.280. The Kier molecular flexibility index (Phi) is 3.63. The highest BCUT2D eigenvalue weighted by molar-refractivity contribution is 5.66. The summed E-state index contributed by atoms with van der Waals surface area (Å²) in [5.41, 5.74) is 3.81. The van der Waals surface area contributed by atoms with E-state index in [1.54, 1.807) is 4.68 Å². The summed E-state index contributed by atoms with van der Waals surface area (Å²) in [6.45, 7) is 12.4. The van der Waals surface area contributed by atoms with Crippen molar-refractivity contribution in [3.63, 3.8) is 0 Å². The molecule has 0 bridgehead atoms. The fourth-order valence-electron chi connectivity index (χ4n) is 2.34. The summed E-state index contributed by atoms with van der Waals surface area (Å²) >= 11 is 0. The van der Waals surface area contributed by atoms with Gasteiger partial charge in [0.1, 0.15) is 0 Å². The van der Waals surface area contributed by atoms with Crippen molar-refractivity contribution >= 4 is 0 Å². The maximum absolute atomic E-state index is 12.8. The molecule has 3 heteroatoms. The van der Waals surface area contributed by atoms with Crippen molar-refractivity contribution in [2.75, 3.05) is 0 Å². The minimum atomic E-state index is -0.246. The molecule has 0 amide bonds. The van der Waals surface area contributed by atoms with Gasteiger partial charge in [-0.25, -0.2) is 4.68 Å². The Hall–Kier alpha value is -1.77. The number of hydrogen-bond acceptors (Lipinski definition) is 1. The zero-order chi connectivity index (χ0) is 15.1. The van der Waals surface area contributed by atoms with Crippen molar-refractivity contribution < 1.29 is 0 Å². The van der Waals surface area contributed by atoms with Gasteiger partial charge in [-0.15, -0.1) is 0 Å². The molecular weight excluding hydrogens is 248 g/mol. The molecule has 2 rings (SSSR count). The lowest BCUT2D eigenvalue weighted by molar-refractivity contribution is 0.343. The van der Waals surface area contributed by atoms with Gasteiger partial charge in [0, 0.05) is 5.69 Å². The number of rotatable bonds is 2. The number of benzene rings is 1. The molecule has 1 heterocycles. The number of aryl methyl sites for hydroxylation is 1. The van der Waals surface area contributed by atoms with Gasteiger partial charge in [-0.2, -0.15) is 0 Å². The molecule has 108 valence electrons. The Morgan fingerprint density at radius 3 is 2.10 bits per heavy atom. The molecule has 0 aliphatic heterocycles. The second-order valence-electron chi connectivity index (χ2n) is 6.73. The van der Waals surface area contributed by atoms with E-state index in [9.17, 15) is 4.79 Å². The second-order valence-corrected chi connectivity index (χ2v) is 6.73. The molecule has 0 fully saturated rings. The molecule has 0 aliphatic carbocycles. The van der Waals surface area contributed by atoms with Crippen molar-refractivity contribution in [3.05, 3.63) is 45.9 Å². The van der Waals surface area contributed by atoms with Crippen LogP contribution in [0.1, 0.15) is 51.8 Å². The Labute approximate surface area is 120 Å². The predicted molar refractivity (Wildman–Crippen MR) is 84.3 cm³/mol. The van der Waals surface area contributed by atoms with Crippen LogP contribution < -0.4 is 5.56 Å². The summed E-state index contributed by atoms with van der Waals surface area (Å²) < 4.78 is 1.73. The number of hydrogen-bond donors (Lipinski definition) is 1. The average molecular weight is 272 g/mol. The Bertz CT molecular complexity index is 652. The van der Waals surface area contributed by atoms with E-state index in [0.717, 1.165) is 16.8 Å². The van der Waals surface area contributed by atoms with Crippen molar-refractivity contribution in [2.24, 2.45) is 0 Å². The van der Waals surface area contributed by atoms with Gasteiger partial charge in [0.15, 0.2) is 0 Å². The number of nitrogens with one attached hydrogen (secondary N) is 1. The van der Waals surface area contributed by atoms with Crippen LogP contribution in [-0.4, -0.2) is 9.78 Å². The molecule has 20 heavy (non-hydrogen) atoms. The third-order valence-corrected chi connectivity index (χ3v) is 3.51. The molecule has 0 atom stereocenters. The van der Waals surface area contributed by atoms with E-state index < -0.39 is 0 Å². The number of H-pyrrole nitrogens is 1. The molecule has 2 aromatic rings. The highest BCUT2D eigenvalue weighted by Crippen LogP contribution is 2.27. The molecule has 3 nitrogen and oxygen atoms in total. The molecule has 1 N–H and O–H groups in total. The first-order valence-corrected chi connectivity index (χ1v) is 7.14. The Morgan fingerprint density at radius 2 is 1.65 bits per heavy atom. The van der Waals surface area contributed by atoms with Gasteiger partial charge < -0.3 is 0 Å². The summed E-state index contributed by atoms with van der Waals surface area (Å²) in [5, 5.41) is 3.31. The minimum absolute atomic E-state index is 0.0602. The lowest BCUT2D eigenvalue weighted by atomic mass is 9.99. The smallest absolute Gasteiger partial charge is 0.275 e. The van der Waals surface area contributed by atoms with Gasteiger partial charge in [0.05, 0.1) is 11.1 Å². The van der Waals surface area contributed by atoms with Crippen LogP contribution in [0.15, 0.2) is 29.1 Å². The molecule has 0 aliphatic rings. The highest BCUT2D eigenvalue weighted by Gasteiger charge is 2.24. The van der Waals surface area contributed by atoms with E-state index in [2.05, 4.69) is 25.9 Å². The first kappa shape index (κ1) is 14.6. The summed E-state index contributed by atoms with van der Waals surface area (Å²) in [6.07, 6.45) is 0. The van der Waals surface area contributed by atoms with Gasteiger partial charge in [0.2, 0.25) is 0 Å². The predicted octanol–water partition coefficient (Wildman–Crippen LogP) is 4.03. The molecule has 0 saturated carbocycles. The zero-order valence-electron chi connectivity index (χ0n) is 13.2. The summed E-state index contributed by atoms with van der Waals surface area (Å²) in [7, 11) is 0. The molecular formula is C17H24N2O. The normalized spacial score (nSPS) is 12.2. The van der Waals surface area contributed by atoms with E-state index in [4.69, 9.17) is 0 Å². The first-order chi connectivity index (χ1) is 9.21. The number of aromatic amines is 1. The highest BCUT2D eigenvalue weighted by atomic mass is 16.1. The molecule has 1 aromatic heterocycles. The molecule has 0 unspecified atom stereocenters. The van der Waals surface area contributed by atoms with E-state index >= 15 is 0 Å². The van der Waals surface area contributed by atoms with E-state index in [0.29, 0.717) is 0 Å². The zero-order valence-corrected chi connectivity index (χ0v) is 13.2. The standard InChI is InChI=1S/C17H24N2O/c1-11(2)15-14(13-9-7-12(3)8-10-13)16(20)19(18-15)17(4,5)6/h7-11,18H,1-6H3. The first-order valence-electron chi connectivity index (χ1n) is 7.14. The Balaban J connectivity index is 2.71. The lowest BCUT2D eigenvalue weighted by Gasteiger charge is -2.19. The quantitative estimate of drug-likeness (QED) is 0.880. The fourth-order valence-corrected chi connectivity index (χ4v) is 2.34. The van der Waals surface area contributed by atoms with Gasteiger partial charge in [-0.3, -0.25) is 9.89 Å². The fraction of sp³-hybridized carbons (Fsp3) is 0.471. The lowest BCUT2D eigenvalue weighted by Crippen LogP contribution is -2.32. The topological polar surface area (TPSA) is 37.8 Å². The van der Waals surface area contributed by atoms with Crippen molar-refractivity contribution in [2.45, 2.75) is 53.0 Å². The maximum Gasteiger partial charge on any atom is 0.275 e. The molecule has 0 spiro atoms. The molecule has 0 saturated heterocycles. The van der Waals surface area contributed by atoms with E-state index in [-0.39, 0.29) is 17.0 Å². The monoisotopic (exact) mass is 272 g/mol. The number of aromatic nitrogens is 2. The van der Waals surface area contributed by atoms with Gasteiger partial charge >= 0.3 is 0 Å². The van der Waals surface area contributed by atoms with Crippen LogP contribution in [0.5, 0.6) is 0 Å². The van der Waals surface area contributed by atoms with Crippen LogP contribution in [0.25, 0.3) is 11.1 Å². The molecule has 1 aromatic carbocycles. The SMILES string of the molecule is Cc1ccc(-c2c(C(C)C)[nH]n(C(C)(C)C)c2=O)cc1. The third kappa shape index (κ3) is 2.58. The van der Waals surface area contributed by atoms with Crippen LogP contribution in [0.2, 0.25) is 0 Å². The second kappa shape index (κ2) is 4.97. The van der Waals surface area contributed by atoms with Crippen LogP contribution in [0, 0.1) is 6.92 Å². The van der Waals surface area contributed by atoms with E-state index in [1.165, 1.54) is 5.56 Å². The average Bonchev–Trinajstić information content (AvgIpc) is 2.68. The van der Waals surface area contributed by atoms with Crippen LogP contribution in [-0.2, 0) is 5.54 Å². The molecule has 0 radical (unpaired) electrons. The summed E-state index contributed by atoms with van der Waals surface area (Å²) in [6, 6.07) is 8.15.